The van der Waals surface area contributed by atoms with E-state index in [1.807, 2.05) is 53.1 Å². The molecule has 0 aliphatic heterocycles. The van der Waals surface area contributed by atoms with Gasteiger partial charge >= 0.3 is 0 Å². The van der Waals surface area contributed by atoms with Gasteiger partial charge in [0.2, 0.25) is 5.91 Å². The Bertz CT molecular complexity index is 1250. The molecule has 0 aliphatic rings. The Hall–Kier alpha value is -3.16. The van der Waals surface area contributed by atoms with E-state index in [0.717, 1.165) is 15.5 Å². The molecule has 1 heterocycles. The van der Waals surface area contributed by atoms with Crippen molar-refractivity contribution >= 4 is 56.1 Å². The molecule has 3 aromatic carbocycles. The quantitative estimate of drug-likeness (QED) is 0.393. The van der Waals surface area contributed by atoms with Crippen LogP contribution in [0.5, 0.6) is 0 Å². The number of fused-ring (bicyclic) bond motifs is 1. The monoisotopic (exact) mass is 496 g/mol. The molecule has 0 fully saturated rings. The van der Waals surface area contributed by atoms with Gasteiger partial charge in [0, 0.05) is 20.7 Å². The van der Waals surface area contributed by atoms with Gasteiger partial charge in [-0.15, -0.1) is 0 Å². The third-order valence-electron chi connectivity index (χ3n) is 4.66. The Morgan fingerprint density at radius 3 is 2.55 bits per heavy atom. The number of benzene rings is 3. The summed E-state index contributed by atoms with van der Waals surface area (Å²) in [6, 6.07) is 21.6. The highest BCUT2D eigenvalue weighted by atomic mass is 79.9. The topological polar surface area (TPSA) is 76.0 Å². The Balaban J connectivity index is 1.53. The van der Waals surface area contributed by atoms with Crippen LogP contribution in [0, 0.1) is 0 Å². The maximum atomic E-state index is 12.7. The van der Waals surface area contributed by atoms with Gasteiger partial charge in [-0.2, -0.15) is 0 Å². The van der Waals surface area contributed by atoms with Crippen molar-refractivity contribution in [2.45, 2.75) is 13.1 Å². The number of carbonyl (C=O) groups excluding carboxylic acids is 2. The van der Waals surface area contributed by atoms with E-state index in [9.17, 15) is 9.59 Å². The molecule has 0 unspecified atom stereocenters. The van der Waals surface area contributed by atoms with E-state index in [2.05, 4.69) is 31.5 Å². The van der Waals surface area contributed by atoms with E-state index >= 15 is 0 Å². The Kier molecular flexibility index (Phi) is 6.34. The van der Waals surface area contributed by atoms with E-state index in [-0.39, 0.29) is 24.9 Å². The minimum absolute atomic E-state index is 0.0686. The minimum atomic E-state index is -0.242. The first kappa shape index (κ1) is 21.1. The number of anilines is 1. The van der Waals surface area contributed by atoms with Crippen LogP contribution < -0.4 is 10.6 Å². The first-order valence-electron chi connectivity index (χ1n) is 9.53. The van der Waals surface area contributed by atoms with Gasteiger partial charge in [0.05, 0.1) is 17.6 Å². The van der Waals surface area contributed by atoms with Crippen molar-refractivity contribution in [3.63, 3.8) is 0 Å². The van der Waals surface area contributed by atoms with Gasteiger partial charge in [0.1, 0.15) is 12.4 Å². The molecule has 0 aliphatic carbocycles. The van der Waals surface area contributed by atoms with Crippen LogP contribution in [-0.4, -0.2) is 21.4 Å². The average molecular weight is 498 g/mol. The number of nitrogens with one attached hydrogen (secondary N) is 2. The van der Waals surface area contributed by atoms with Crippen LogP contribution in [-0.2, 0) is 17.9 Å². The molecule has 2 amide bonds. The highest BCUT2D eigenvalue weighted by molar-refractivity contribution is 9.10. The molecule has 0 spiro atoms. The Morgan fingerprint density at radius 2 is 1.77 bits per heavy atom. The number of halogens is 2. The van der Waals surface area contributed by atoms with Crippen LogP contribution in [0.1, 0.15) is 16.2 Å². The third kappa shape index (κ3) is 5.13. The lowest BCUT2D eigenvalue weighted by Gasteiger charge is -2.11. The van der Waals surface area contributed by atoms with E-state index in [0.29, 0.717) is 22.1 Å². The number of para-hydroxylation sites is 2. The zero-order chi connectivity index (χ0) is 21.8. The number of imidazole rings is 1. The number of nitrogens with zero attached hydrogens (tertiary/aromatic N) is 2. The van der Waals surface area contributed by atoms with Gasteiger partial charge in [0.25, 0.3) is 5.91 Å². The smallest absolute Gasteiger partial charge is 0.251 e. The molecule has 156 valence electrons. The molecular weight excluding hydrogens is 480 g/mol. The average Bonchev–Trinajstić information content (AvgIpc) is 3.10. The Morgan fingerprint density at radius 1 is 1.00 bits per heavy atom. The second-order valence-corrected chi connectivity index (χ2v) is 8.20. The van der Waals surface area contributed by atoms with Crippen LogP contribution >= 0.6 is 27.5 Å². The summed E-state index contributed by atoms with van der Waals surface area (Å²) >= 11 is 9.28. The number of carbonyl (C=O) groups is 2. The minimum Gasteiger partial charge on any atom is -0.345 e. The highest BCUT2D eigenvalue weighted by Crippen LogP contribution is 2.18. The van der Waals surface area contributed by atoms with Crippen LogP contribution in [0.4, 0.5) is 5.69 Å². The lowest BCUT2D eigenvalue weighted by atomic mass is 10.2. The summed E-state index contributed by atoms with van der Waals surface area (Å²) in [5.41, 5.74) is 2.77. The molecule has 0 bridgehead atoms. The van der Waals surface area contributed by atoms with Crippen LogP contribution in [0.15, 0.2) is 77.3 Å². The number of aromatic nitrogens is 2. The fourth-order valence-corrected chi connectivity index (χ4v) is 3.74. The van der Waals surface area contributed by atoms with E-state index < -0.39 is 0 Å². The molecule has 2 N–H and O–H groups in total. The second kappa shape index (κ2) is 9.32. The summed E-state index contributed by atoms with van der Waals surface area (Å²) in [5.74, 6) is 0.160. The first-order chi connectivity index (χ1) is 15.0. The predicted octanol–water partition coefficient (Wildman–Crippen LogP) is 5.02. The zero-order valence-corrected chi connectivity index (χ0v) is 18.7. The molecule has 0 radical (unpaired) electrons. The maximum Gasteiger partial charge on any atom is 0.251 e. The van der Waals surface area contributed by atoms with Crippen molar-refractivity contribution in [3.8, 4) is 0 Å². The standard InChI is InChI=1S/C23H18BrClN4O2/c24-16-4-3-5-18(12-16)27-22(30)14-29-20-7-2-1-6-19(20)28-21(29)13-26-23(31)15-8-10-17(25)11-9-15/h1-12H,13-14H2,(H,26,31)(H,27,30). The first-order valence-corrected chi connectivity index (χ1v) is 10.7. The number of hydrogen-bond acceptors (Lipinski definition) is 3. The summed E-state index contributed by atoms with van der Waals surface area (Å²) in [5, 5.41) is 6.32. The van der Waals surface area contributed by atoms with Crippen molar-refractivity contribution in [1.29, 1.82) is 0 Å². The van der Waals surface area contributed by atoms with Crippen molar-refractivity contribution in [2.75, 3.05) is 5.32 Å². The molecule has 4 rings (SSSR count). The van der Waals surface area contributed by atoms with Gasteiger partial charge in [-0.05, 0) is 54.6 Å². The third-order valence-corrected chi connectivity index (χ3v) is 5.40. The fourth-order valence-electron chi connectivity index (χ4n) is 3.21. The largest absolute Gasteiger partial charge is 0.345 e. The summed E-state index contributed by atoms with van der Waals surface area (Å²) in [6.45, 7) is 0.249. The summed E-state index contributed by atoms with van der Waals surface area (Å²) in [7, 11) is 0. The molecule has 0 saturated carbocycles. The lowest BCUT2D eigenvalue weighted by Crippen LogP contribution is -2.26. The van der Waals surface area contributed by atoms with Gasteiger partial charge in [-0.25, -0.2) is 4.98 Å². The van der Waals surface area contributed by atoms with Crippen molar-refractivity contribution in [1.82, 2.24) is 14.9 Å². The van der Waals surface area contributed by atoms with Crippen molar-refractivity contribution < 1.29 is 9.59 Å². The molecule has 0 saturated heterocycles. The molecule has 1 aromatic heterocycles. The van der Waals surface area contributed by atoms with Crippen molar-refractivity contribution in [3.05, 3.63) is 93.7 Å². The number of rotatable bonds is 6. The molecular formula is C23H18BrClN4O2. The van der Waals surface area contributed by atoms with Crippen LogP contribution in [0.2, 0.25) is 5.02 Å². The SMILES string of the molecule is O=C(Cn1c(CNC(=O)c2ccc(Cl)cc2)nc2ccccc21)Nc1cccc(Br)c1. The predicted molar refractivity (Wildman–Crippen MR) is 125 cm³/mol. The lowest BCUT2D eigenvalue weighted by molar-refractivity contribution is -0.116. The van der Waals surface area contributed by atoms with E-state index in [1.54, 1.807) is 24.3 Å². The van der Waals surface area contributed by atoms with Crippen LogP contribution in [0.3, 0.4) is 0 Å². The van der Waals surface area contributed by atoms with E-state index in [4.69, 9.17) is 11.6 Å². The Labute approximate surface area is 192 Å². The molecule has 6 nitrogen and oxygen atoms in total. The number of amides is 2. The highest BCUT2D eigenvalue weighted by Gasteiger charge is 2.15. The summed E-state index contributed by atoms with van der Waals surface area (Å²) < 4.78 is 2.69. The van der Waals surface area contributed by atoms with Gasteiger partial charge in [-0.1, -0.05) is 45.7 Å². The number of hydrogen-bond donors (Lipinski definition) is 2. The van der Waals surface area contributed by atoms with E-state index in [1.165, 1.54) is 0 Å². The summed E-state index contributed by atoms with van der Waals surface area (Å²) in [4.78, 5) is 29.8. The maximum absolute atomic E-state index is 12.7. The van der Waals surface area contributed by atoms with Crippen molar-refractivity contribution in [2.24, 2.45) is 0 Å². The second-order valence-electron chi connectivity index (χ2n) is 6.85. The van der Waals surface area contributed by atoms with Gasteiger partial charge in [-0.3, -0.25) is 9.59 Å². The molecule has 0 atom stereocenters. The molecule has 4 aromatic rings. The molecule has 8 heteroatoms. The zero-order valence-electron chi connectivity index (χ0n) is 16.3. The fraction of sp³-hybridized carbons (Fsp3) is 0.0870. The van der Waals surface area contributed by atoms with Gasteiger partial charge in [0.15, 0.2) is 0 Å². The normalized spacial score (nSPS) is 10.8. The van der Waals surface area contributed by atoms with Gasteiger partial charge < -0.3 is 15.2 Å². The summed E-state index contributed by atoms with van der Waals surface area (Å²) in [6.07, 6.45) is 0. The molecule has 31 heavy (non-hydrogen) atoms. The van der Waals surface area contributed by atoms with Crippen LogP contribution in [0.25, 0.3) is 11.0 Å².